The van der Waals surface area contributed by atoms with Gasteiger partial charge in [0.15, 0.2) is 6.29 Å². The SMILES string of the molecule is CCCCCCCCC#CCCCCC=COC1CCCCO1. The number of allylic oxidation sites excluding steroid dienone is 1. The summed E-state index contributed by atoms with van der Waals surface area (Å²) >= 11 is 0. The summed E-state index contributed by atoms with van der Waals surface area (Å²) in [6.07, 6.45) is 21.0. The number of hydrogen-bond acceptors (Lipinski definition) is 2. The molecule has 0 amide bonds. The van der Waals surface area contributed by atoms with Gasteiger partial charge in [-0.1, -0.05) is 39.0 Å². The molecule has 1 heterocycles. The van der Waals surface area contributed by atoms with E-state index in [1.807, 2.05) is 6.26 Å². The van der Waals surface area contributed by atoms with Crippen LogP contribution in [0.5, 0.6) is 0 Å². The van der Waals surface area contributed by atoms with Gasteiger partial charge in [-0.25, -0.2) is 0 Å². The third-order valence-corrected chi connectivity index (χ3v) is 4.17. The molecule has 0 aromatic carbocycles. The van der Waals surface area contributed by atoms with Gasteiger partial charge in [-0.15, -0.1) is 11.8 Å². The minimum absolute atomic E-state index is 0.00663. The molecule has 0 spiro atoms. The lowest BCUT2D eigenvalue weighted by Crippen LogP contribution is -2.19. The predicted molar refractivity (Wildman–Crippen MR) is 98.1 cm³/mol. The fourth-order valence-electron chi connectivity index (χ4n) is 2.68. The molecule has 1 saturated heterocycles. The van der Waals surface area contributed by atoms with Gasteiger partial charge in [0, 0.05) is 19.3 Å². The summed E-state index contributed by atoms with van der Waals surface area (Å²) in [6, 6.07) is 0. The second-order valence-corrected chi connectivity index (χ2v) is 6.42. The highest BCUT2D eigenvalue weighted by Gasteiger charge is 2.12. The van der Waals surface area contributed by atoms with Crippen molar-refractivity contribution in [3.63, 3.8) is 0 Å². The van der Waals surface area contributed by atoms with Crippen LogP contribution in [-0.4, -0.2) is 12.9 Å². The van der Waals surface area contributed by atoms with Crippen molar-refractivity contribution in [3.8, 4) is 11.8 Å². The number of ether oxygens (including phenoxy) is 2. The summed E-state index contributed by atoms with van der Waals surface area (Å²) in [7, 11) is 0. The minimum atomic E-state index is -0.00663. The zero-order chi connectivity index (χ0) is 16.4. The Bertz CT molecular complexity index is 331. The molecule has 2 nitrogen and oxygen atoms in total. The van der Waals surface area contributed by atoms with Crippen LogP contribution in [0, 0.1) is 11.8 Å². The van der Waals surface area contributed by atoms with Crippen LogP contribution in [0.2, 0.25) is 0 Å². The number of hydrogen-bond donors (Lipinski definition) is 0. The molecule has 0 radical (unpaired) electrons. The minimum Gasteiger partial charge on any atom is -0.473 e. The maximum Gasteiger partial charge on any atom is 0.198 e. The molecule has 0 bridgehead atoms. The summed E-state index contributed by atoms with van der Waals surface area (Å²) in [4.78, 5) is 0. The van der Waals surface area contributed by atoms with E-state index in [2.05, 4.69) is 24.8 Å². The zero-order valence-electron chi connectivity index (χ0n) is 15.2. The Labute approximate surface area is 144 Å². The number of unbranched alkanes of at least 4 members (excludes halogenated alkanes) is 9. The molecule has 2 heteroatoms. The molecule has 1 aliphatic rings. The molecule has 0 aromatic rings. The molecule has 1 rings (SSSR count). The van der Waals surface area contributed by atoms with Crippen molar-refractivity contribution in [3.05, 3.63) is 12.3 Å². The van der Waals surface area contributed by atoms with Crippen molar-refractivity contribution in [1.29, 1.82) is 0 Å². The van der Waals surface area contributed by atoms with E-state index in [4.69, 9.17) is 9.47 Å². The highest BCUT2D eigenvalue weighted by atomic mass is 16.7. The normalized spacial score (nSPS) is 17.9. The summed E-state index contributed by atoms with van der Waals surface area (Å²) in [5, 5.41) is 0. The number of rotatable bonds is 12. The van der Waals surface area contributed by atoms with Crippen LogP contribution in [0.25, 0.3) is 0 Å². The fraction of sp³-hybridized carbons (Fsp3) is 0.810. The summed E-state index contributed by atoms with van der Waals surface area (Å²) in [6.45, 7) is 3.11. The Morgan fingerprint density at radius 1 is 0.957 bits per heavy atom. The quantitative estimate of drug-likeness (QED) is 0.237. The maximum absolute atomic E-state index is 5.56. The topological polar surface area (TPSA) is 18.5 Å². The molecule has 0 N–H and O–H groups in total. The van der Waals surface area contributed by atoms with Crippen LogP contribution in [-0.2, 0) is 9.47 Å². The van der Waals surface area contributed by atoms with Crippen LogP contribution < -0.4 is 0 Å². The van der Waals surface area contributed by atoms with Crippen LogP contribution in [0.4, 0.5) is 0 Å². The van der Waals surface area contributed by atoms with Gasteiger partial charge in [0.05, 0.1) is 12.9 Å². The van der Waals surface area contributed by atoms with E-state index in [0.29, 0.717) is 0 Å². The van der Waals surface area contributed by atoms with Gasteiger partial charge in [-0.2, -0.15) is 0 Å². The smallest absolute Gasteiger partial charge is 0.198 e. The van der Waals surface area contributed by atoms with Gasteiger partial charge in [0.1, 0.15) is 0 Å². The summed E-state index contributed by atoms with van der Waals surface area (Å²) in [5.41, 5.74) is 0. The predicted octanol–water partition coefficient (Wildman–Crippen LogP) is 6.36. The Morgan fingerprint density at radius 2 is 1.70 bits per heavy atom. The molecule has 1 fully saturated rings. The first-order valence-corrected chi connectivity index (χ1v) is 9.81. The van der Waals surface area contributed by atoms with Gasteiger partial charge in [0.2, 0.25) is 0 Å². The van der Waals surface area contributed by atoms with Crippen molar-refractivity contribution >= 4 is 0 Å². The lowest BCUT2D eigenvalue weighted by atomic mass is 10.1. The van der Waals surface area contributed by atoms with Crippen LogP contribution in [0.1, 0.15) is 96.8 Å². The second kappa shape index (κ2) is 15.9. The second-order valence-electron chi connectivity index (χ2n) is 6.42. The van der Waals surface area contributed by atoms with Gasteiger partial charge < -0.3 is 9.47 Å². The first-order chi connectivity index (χ1) is 11.4. The maximum atomic E-state index is 5.56. The van der Waals surface area contributed by atoms with Crippen LogP contribution >= 0.6 is 0 Å². The Hall–Kier alpha value is -0.940. The molecular weight excluding hydrogens is 284 g/mol. The molecule has 0 aromatic heterocycles. The van der Waals surface area contributed by atoms with Crippen molar-refractivity contribution < 1.29 is 9.47 Å². The van der Waals surface area contributed by atoms with Crippen molar-refractivity contribution in [2.45, 2.75) is 103 Å². The van der Waals surface area contributed by atoms with E-state index < -0.39 is 0 Å². The lowest BCUT2D eigenvalue weighted by Gasteiger charge is -2.21. The molecule has 1 atom stereocenters. The van der Waals surface area contributed by atoms with E-state index in [1.54, 1.807) is 0 Å². The van der Waals surface area contributed by atoms with Crippen molar-refractivity contribution in [1.82, 2.24) is 0 Å². The molecule has 0 saturated carbocycles. The molecule has 132 valence electrons. The summed E-state index contributed by atoms with van der Waals surface area (Å²) in [5.74, 6) is 6.62. The van der Waals surface area contributed by atoms with Gasteiger partial charge >= 0.3 is 0 Å². The average molecular weight is 321 g/mol. The highest BCUT2D eigenvalue weighted by molar-refractivity contribution is 4.98. The third kappa shape index (κ3) is 13.2. The Morgan fingerprint density at radius 3 is 2.43 bits per heavy atom. The first-order valence-electron chi connectivity index (χ1n) is 9.81. The summed E-state index contributed by atoms with van der Waals surface area (Å²) < 4.78 is 11.1. The molecule has 1 unspecified atom stereocenters. The van der Waals surface area contributed by atoms with E-state index in [-0.39, 0.29) is 6.29 Å². The van der Waals surface area contributed by atoms with E-state index >= 15 is 0 Å². The van der Waals surface area contributed by atoms with E-state index in [1.165, 1.54) is 64.2 Å². The molecule has 23 heavy (non-hydrogen) atoms. The molecular formula is C21H36O2. The third-order valence-electron chi connectivity index (χ3n) is 4.17. The molecule has 0 aliphatic carbocycles. The Kier molecular flexibility index (Phi) is 13.9. The van der Waals surface area contributed by atoms with Gasteiger partial charge in [0.25, 0.3) is 0 Å². The van der Waals surface area contributed by atoms with Crippen LogP contribution in [0.15, 0.2) is 12.3 Å². The van der Waals surface area contributed by atoms with E-state index in [0.717, 1.165) is 32.3 Å². The fourth-order valence-corrected chi connectivity index (χ4v) is 2.68. The zero-order valence-corrected chi connectivity index (χ0v) is 15.2. The molecule has 1 aliphatic heterocycles. The van der Waals surface area contributed by atoms with Crippen molar-refractivity contribution in [2.75, 3.05) is 6.61 Å². The van der Waals surface area contributed by atoms with Crippen molar-refractivity contribution in [2.24, 2.45) is 0 Å². The average Bonchev–Trinajstić information content (AvgIpc) is 2.59. The highest BCUT2D eigenvalue weighted by Crippen LogP contribution is 2.14. The van der Waals surface area contributed by atoms with Crippen LogP contribution in [0.3, 0.4) is 0 Å². The standard InChI is InChI=1S/C21H36O2/c1-2-3-4-5-6-7-8-9-10-11-12-13-14-16-19-22-21-18-15-17-20-23-21/h16,19,21H,2-8,11-15,17-18,20H2,1H3. The first kappa shape index (κ1) is 20.1. The largest absolute Gasteiger partial charge is 0.473 e. The van der Waals surface area contributed by atoms with Gasteiger partial charge in [-0.05, 0) is 44.6 Å². The monoisotopic (exact) mass is 320 g/mol. The lowest BCUT2D eigenvalue weighted by molar-refractivity contribution is -0.129. The van der Waals surface area contributed by atoms with Gasteiger partial charge in [-0.3, -0.25) is 0 Å². The van der Waals surface area contributed by atoms with E-state index in [9.17, 15) is 0 Å². The Balaban J connectivity index is 1.81.